The standard InChI is InChI=1S/C5H9.C4H7.CH4.2Y/c1-4-5(2)3;1-3-4-2;;;/h1-3H3;3H,1-2H3;1H4;;/q2*-1;;;. The molecule has 2 heteroatoms. The Morgan fingerprint density at radius 2 is 1.25 bits per heavy atom. The Labute approximate surface area is 129 Å². The van der Waals surface area contributed by atoms with E-state index in [4.69, 9.17) is 0 Å². The van der Waals surface area contributed by atoms with E-state index in [0.717, 1.165) is 0 Å². The molecular formula is C10H20Y2-2. The average Bonchev–Trinajstić information content (AvgIpc) is 1.89. The van der Waals surface area contributed by atoms with Gasteiger partial charge >= 0.3 is 0 Å². The first-order valence-electron chi connectivity index (χ1n) is 3.12. The molecule has 0 nitrogen and oxygen atoms in total. The van der Waals surface area contributed by atoms with Crippen molar-refractivity contribution in [3.8, 4) is 0 Å². The van der Waals surface area contributed by atoms with E-state index >= 15 is 0 Å². The van der Waals surface area contributed by atoms with E-state index in [1.165, 1.54) is 5.57 Å². The van der Waals surface area contributed by atoms with E-state index in [0.29, 0.717) is 0 Å². The quantitative estimate of drug-likeness (QED) is 0.596. The third-order valence-electron chi connectivity index (χ3n) is 0.789. The van der Waals surface area contributed by atoms with Gasteiger partial charge in [-0.3, -0.25) is 11.6 Å². The van der Waals surface area contributed by atoms with E-state index in [1.54, 1.807) is 0 Å². The van der Waals surface area contributed by atoms with Crippen molar-refractivity contribution >= 4 is 0 Å². The van der Waals surface area contributed by atoms with Crippen LogP contribution in [0.4, 0.5) is 0 Å². The van der Waals surface area contributed by atoms with Gasteiger partial charge in [0.15, 0.2) is 0 Å². The SMILES string of the molecule is C.C[C-]=C(C)C.C[C-]=CC.[Y].[Y]. The van der Waals surface area contributed by atoms with Gasteiger partial charge in [0.25, 0.3) is 0 Å². The van der Waals surface area contributed by atoms with Crippen molar-refractivity contribution in [2.75, 3.05) is 0 Å². The molecule has 0 atom stereocenters. The Balaban J connectivity index is -0.0000000221. The summed E-state index contributed by atoms with van der Waals surface area (Å²) in [5.41, 5.74) is 1.25. The molecule has 0 aliphatic rings. The first kappa shape index (κ1) is 29.2. The Hall–Kier alpha value is 1.69. The molecule has 2 radical (unpaired) electrons. The van der Waals surface area contributed by atoms with Crippen LogP contribution in [0.25, 0.3) is 0 Å². The summed E-state index contributed by atoms with van der Waals surface area (Å²) in [5, 5.41) is 0. The number of hydrogen-bond donors (Lipinski definition) is 0. The van der Waals surface area contributed by atoms with Crippen molar-refractivity contribution in [3.05, 3.63) is 23.8 Å². The molecule has 0 fully saturated rings. The minimum absolute atomic E-state index is 0. The molecule has 0 saturated heterocycles. The van der Waals surface area contributed by atoms with Crippen molar-refractivity contribution < 1.29 is 65.4 Å². The molecule has 0 bridgehead atoms. The first-order chi connectivity index (χ1) is 4.18. The average molecular weight is 318 g/mol. The van der Waals surface area contributed by atoms with Gasteiger partial charge in [-0.25, -0.2) is 0 Å². The minimum Gasteiger partial charge on any atom is -0.504 e. The van der Waals surface area contributed by atoms with Crippen molar-refractivity contribution in [1.29, 1.82) is 0 Å². The predicted octanol–water partition coefficient (Wildman–Crippen LogP) is 3.79. The van der Waals surface area contributed by atoms with Crippen LogP contribution < -0.4 is 0 Å². The van der Waals surface area contributed by atoms with Crippen molar-refractivity contribution in [3.63, 3.8) is 0 Å². The predicted molar refractivity (Wildman–Crippen MR) is 49.7 cm³/mol. The van der Waals surface area contributed by atoms with Crippen LogP contribution in [-0.4, -0.2) is 0 Å². The zero-order valence-corrected chi connectivity index (χ0v) is 13.9. The maximum atomic E-state index is 2.94. The third kappa shape index (κ3) is 60.8. The van der Waals surface area contributed by atoms with Gasteiger partial charge in [0, 0.05) is 65.4 Å². The molecular weight excluding hydrogens is 298 g/mol. The van der Waals surface area contributed by atoms with Gasteiger partial charge < -0.3 is 12.2 Å². The monoisotopic (exact) mass is 318 g/mol. The largest absolute Gasteiger partial charge is 0.504 e. The Morgan fingerprint density at radius 1 is 1.08 bits per heavy atom. The molecule has 0 spiro atoms. The molecule has 0 aromatic heterocycles. The second kappa shape index (κ2) is 29.3. The number of allylic oxidation sites excluding steroid dienone is 4. The van der Waals surface area contributed by atoms with E-state index in [1.807, 2.05) is 40.7 Å². The fourth-order valence-electron chi connectivity index (χ4n) is 0. The second-order valence-corrected chi connectivity index (χ2v) is 1.83. The molecule has 0 aromatic carbocycles. The Morgan fingerprint density at radius 3 is 1.25 bits per heavy atom. The second-order valence-electron chi connectivity index (χ2n) is 1.83. The van der Waals surface area contributed by atoms with Crippen LogP contribution in [0.1, 0.15) is 42.0 Å². The maximum Gasteiger partial charge on any atom is 0 e. The van der Waals surface area contributed by atoms with Gasteiger partial charge in [-0.2, -0.15) is 13.8 Å². The Kier molecular flexibility index (Phi) is 71.3. The third-order valence-corrected chi connectivity index (χ3v) is 0.789. The van der Waals surface area contributed by atoms with Crippen molar-refractivity contribution in [2.24, 2.45) is 0 Å². The summed E-state index contributed by atoms with van der Waals surface area (Å²) in [7, 11) is 0. The summed E-state index contributed by atoms with van der Waals surface area (Å²) in [6, 6.07) is 0. The van der Waals surface area contributed by atoms with E-state index < -0.39 is 0 Å². The van der Waals surface area contributed by atoms with Gasteiger partial charge in [-0.1, -0.05) is 28.2 Å². The van der Waals surface area contributed by atoms with Crippen LogP contribution in [0, 0.1) is 12.2 Å². The molecule has 0 aliphatic carbocycles. The summed E-state index contributed by atoms with van der Waals surface area (Å²) in [4.78, 5) is 0. The smallest absolute Gasteiger partial charge is 0 e. The molecule has 0 saturated carbocycles. The summed E-state index contributed by atoms with van der Waals surface area (Å²) in [5.74, 6) is 0. The molecule has 0 aromatic rings. The molecule has 0 aliphatic heterocycles. The minimum atomic E-state index is 0. The van der Waals surface area contributed by atoms with Crippen LogP contribution >= 0.6 is 0 Å². The molecule has 0 heterocycles. The molecule has 12 heavy (non-hydrogen) atoms. The van der Waals surface area contributed by atoms with Gasteiger partial charge in [-0.15, -0.1) is 0 Å². The first-order valence-corrected chi connectivity index (χ1v) is 3.12. The van der Waals surface area contributed by atoms with Gasteiger partial charge in [0.2, 0.25) is 0 Å². The summed E-state index contributed by atoms with van der Waals surface area (Å²) in [6.45, 7) is 9.79. The molecule has 0 unspecified atom stereocenters. The van der Waals surface area contributed by atoms with E-state index in [2.05, 4.69) is 12.2 Å². The van der Waals surface area contributed by atoms with Crippen LogP contribution in [0.5, 0.6) is 0 Å². The molecule has 0 rings (SSSR count). The van der Waals surface area contributed by atoms with E-state index in [9.17, 15) is 0 Å². The Bertz CT molecular complexity index is 86.0. The zero-order valence-electron chi connectivity index (χ0n) is 8.23. The van der Waals surface area contributed by atoms with E-state index in [-0.39, 0.29) is 72.8 Å². The molecule has 0 amide bonds. The van der Waals surface area contributed by atoms with Gasteiger partial charge in [-0.05, 0) is 0 Å². The van der Waals surface area contributed by atoms with Crippen molar-refractivity contribution in [1.82, 2.24) is 0 Å². The van der Waals surface area contributed by atoms with Crippen LogP contribution in [0.3, 0.4) is 0 Å². The molecule has 68 valence electrons. The fourth-order valence-corrected chi connectivity index (χ4v) is 0. The van der Waals surface area contributed by atoms with Crippen LogP contribution in [0.15, 0.2) is 11.6 Å². The van der Waals surface area contributed by atoms with Crippen molar-refractivity contribution in [2.45, 2.75) is 42.0 Å². The van der Waals surface area contributed by atoms with Crippen LogP contribution in [-0.2, 0) is 65.4 Å². The topological polar surface area (TPSA) is 0 Å². The number of hydrogen-bond acceptors (Lipinski definition) is 0. The molecule has 0 N–H and O–H groups in total. The fraction of sp³-hybridized carbons (Fsp3) is 0.600. The summed E-state index contributed by atoms with van der Waals surface area (Å²) in [6.07, 6.45) is 7.62. The summed E-state index contributed by atoms with van der Waals surface area (Å²) < 4.78 is 0. The van der Waals surface area contributed by atoms with Crippen LogP contribution in [0.2, 0.25) is 0 Å². The summed E-state index contributed by atoms with van der Waals surface area (Å²) >= 11 is 0. The van der Waals surface area contributed by atoms with Gasteiger partial charge in [0.05, 0.1) is 0 Å². The maximum absolute atomic E-state index is 2.94. The normalized spacial score (nSPS) is 6.08. The number of rotatable bonds is 0. The van der Waals surface area contributed by atoms with Gasteiger partial charge in [0.1, 0.15) is 0 Å². The zero-order chi connectivity index (χ0) is 7.70.